The molecule has 1 unspecified atom stereocenters. The van der Waals surface area contributed by atoms with Gasteiger partial charge in [-0.05, 0) is 55.8 Å². The van der Waals surface area contributed by atoms with Crippen LogP contribution < -0.4 is 29.3 Å². The summed E-state index contributed by atoms with van der Waals surface area (Å²) in [6.45, 7) is 4.96. The summed E-state index contributed by atoms with van der Waals surface area (Å²) < 4.78 is 70.2. The van der Waals surface area contributed by atoms with Crippen LogP contribution in [0.2, 0.25) is 0 Å². The minimum absolute atomic E-state index is 0.00296. The van der Waals surface area contributed by atoms with E-state index >= 15 is 4.39 Å². The van der Waals surface area contributed by atoms with Crippen LogP contribution in [0.25, 0.3) is 0 Å². The zero-order chi connectivity index (χ0) is 30.0. The van der Waals surface area contributed by atoms with E-state index in [-0.39, 0.29) is 23.5 Å². The Labute approximate surface area is 241 Å². The van der Waals surface area contributed by atoms with Crippen molar-refractivity contribution in [2.75, 3.05) is 62.6 Å². The standard InChI is InChI=1S/C29H32F4N6O3/c1-18-21(15-20(40-3)16-26(18)41-4)24-6-5-9-39(24)27-22(30)17-34-28(36-27)35-23-14-19(38-12-10-37(2)11-13-38)7-8-25(23)42-29(31,32)33/h5,7-9,14-17,24H,6,10-13H2,1-4H3,(H,34,35,36). The molecule has 2 aromatic carbocycles. The summed E-state index contributed by atoms with van der Waals surface area (Å²) in [6.07, 6.45) is 0.238. The molecule has 13 heteroatoms. The number of benzene rings is 2. The molecule has 2 aliphatic rings. The number of anilines is 4. The van der Waals surface area contributed by atoms with Gasteiger partial charge in [0.05, 0.1) is 32.1 Å². The third-order valence-corrected chi connectivity index (χ3v) is 7.42. The zero-order valence-corrected chi connectivity index (χ0v) is 23.7. The molecule has 1 fully saturated rings. The molecule has 5 rings (SSSR count). The van der Waals surface area contributed by atoms with Crippen molar-refractivity contribution in [3.63, 3.8) is 0 Å². The first-order chi connectivity index (χ1) is 20.1. The van der Waals surface area contributed by atoms with Crippen molar-refractivity contribution < 1.29 is 31.8 Å². The Morgan fingerprint density at radius 2 is 1.76 bits per heavy atom. The lowest BCUT2D eigenvalue weighted by Crippen LogP contribution is -2.44. The number of aromatic nitrogens is 2. The van der Waals surface area contributed by atoms with Gasteiger partial charge >= 0.3 is 6.36 Å². The van der Waals surface area contributed by atoms with Gasteiger partial charge in [-0.1, -0.05) is 6.08 Å². The van der Waals surface area contributed by atoms with Crippen LogP contribution in [-0.4, -0.2) is 68.7 Å². The quantitative estimate of drug-likeness (QED) is 0.329. The van der Waals surface area contributed by atoms with Crippen LogP contribution in [0.15, 0.2) is 48.8 Å². The third-order valence-electron chi connectivity index (χ3n) is 7.42. The average molecular weight is 589 g/mol. The first-order valence-electron chi connectivity index (χ1n) is 13.4. The molecule has 2 aliphatic heterocycles. The molecular weight excluding hydrogens is 556 g/mol. The molecule has 0 radical (unpaired) electrons. The molecule has 9 nitrogen and oxygen atoms in total. The van der Waals surface area contributed by atoms with Crippen LogP contribution in [0.5, 0.6) is 17.2 Å². The van der Waals surface area contributed by atoms with Crippen molar-refractivity contribution in [1.82, 2.24) is 14.9 Å². The largest absolute Gasteiger partial charge is 0.573 e. The van der Waals surface area contributed by atoms with E-state index in [1.807, 2.05) is 26.1 Å². The third kappa shape index (κ3) is 6.30. The number of ether oxygens (including phenoxy) is 3. The summed E-state index contributed by atoms with van der Waals surface area (Å²) in [5.41, 5.74) is 2.43. The second-order valence-corrected chi connectivity index (χ2v) is 10.1. The molecule has 3 aromatic rings. The number of methoxy groups -OCH3 is 2. The monoisotopic (exact) mass is 588 g/mol. The first-order valence-corrected chi connectivity index (χ1v) is 13.4. The van der Waals surface area contributed by atoms with E-state index in [4.69, 9.17) is 9.47 Å². The van der Waals surface area contributed by atoms with Crippen molar-refractivity contribution in [3.05, 3.63) is 65.7 Å². The molecule has 0 bridgehead atoms. The summed E-state index contributed by atoms with van der Waals surface area (Å²) in [5.74, 6) is -0.0641. The smallest absolute Gasteiger partial charge is 0.497 e. The second-order valence-electron chi connectivity index (χ2n) is 10.1. The van der Waals surface area contributed by atoms with E-state index in [0.29, 0.717) is 36.7 Å². The minimum atomic E-state index is -4.91. The van der Waals surface area contributed by atoms with E-state index in [2.05, 4.69) is 29.8 Å². The summed E-state index contributed by atoms with van der Waals surface area (Å²) in [6, 6.07) is 7.70. The van der Waals surface area contributed by atoms with Gasteiger partial charge < -0.3 is 34.2 Å². The molecule has 1 aromatic heterocycles. The van der Waals surface area contributed by atoms with Gasteiger partial charge in [-0.25, -0.2) is 9.37 Å². The van der Waals surface area contributed by atoms with Gasteiger partial charge in [-0.15, -0.1) is 13.2 Å². The van der Waals surface area contributed by atoms with Crippen LogP contribution in [-0.2, 0) is 0 Å². The number of rotatable bonds is 8. The number of piperazine rings is 1. The fourth-order valence-corrected chi connectivity index (χ4v) is 5.19. The Kier molecular flexibility index (Phi) is 8.30. The maximum Gasteiger partial charge on any atom is 0.573 e. The van der Waals surface area contributed by atoms with Crippen molar-refractivity contribution in [2.24, 2.45) is 0 Å². The summed E-state index contributed by atoms with van der Waals surface area (Å²) in [4.78, 5) is 14.3. The lowest BCUT2D eigenvalue weighted by atomic mass is 9.98. The molecule has 42 heavy (non-hydrogen) atoms. The lowest BCUT2D eigenvalue weighted by molar-refractivity contribution is -0.274. The maximum absolute atomic E-state index is 15.2. The Balaban J connectivity index is 1.48. The van der Waals surface area contributed by atoms with Crippen LogP contribution in [0.1, 0.15) is 23.6 Å². The molecule has 1 saturated heterocycles. The highest BCUT2D eigenvalue weighted by atomic mass is 19.4. The molecule has 0 spiro atoms. The van der Waals surface area contributed by atoms with E-state index < -0.39 is 17.9 Å². The number of hydrogen-bond acceptors (Lipinski definition) is 9. The normalized spacial score (nSPS) is 17.5. The summed E-state index contributed by atoms with van der Waals surface area (Å²) in [5, 5.41) is 2.84. The number of halogens is 4. The van der Waals surface area contributed by atoms with Gasteiger partial charge in [0.15, 0.2) is 17.4 Å². The van der Waals surface area contributed by atoms with Gasteiger partial charge in [-0.2, -0.15) is 4.98 Å². The predicted molar refractivity (Wildman–Crippen MR) is 151 cm³/mol. The van der Waals surface area contributed by atoms with Crippen molar-refractivity contribution >= 4 is 23.1 Å². The van der Waals surface area contributed by atoms with E-state index in [1.165, 1.54) is 6.07 Å². The molecule has 3 heterocycles. The van der Waals surface area contributed by atoms with Gasteiger partial charge in [0.25, 0.3) is 0 Å². The molecule has 0 saturated carbocycles. The fraction of sp³-hybridized carbons (Fsp3) is 0.379. The Bertz CT molecular complexity index is 1460. The lowest BCUT2D eigenvalue weighted by Gasteiger charge is -2.34. The van der Waals surface area contributed by atoms with Crippen LogP contribution in [0, 0.1) is 12.7 Å². The van der Waals surface area contributed by atoms with E-state index in [9.17, 15) is 13.2 Å². The highest BCUT2D eigenvalue weighted by Crippen LogP contribution is 2.41. The van der Waals surface area contributed by atoms with Crippen LogP contribution in [0.3, 0.4) is 0 Å². The highest BCUT2D eigenvalue weighted by molar-refractivity contribution is 5.70. The molecular formula is C29H32F4N6O3. The topological polar surface area (TPSA) is 75.2 Å². The first kappa shape index (κ1) is 29.2. The highest BCUT2D eigenvalue weighted by Gasteiger charge is 2.33. The van der Waals surface area contributed by atoms with Gasteiger partial charge in [0, 0.05) is 44.1 Å². The van der Waals surface area contributed by atoms with Crippen LogP contribution in [0.4, 0.5) is 40.7 Å². The average Bonchev–Trinajstić information content (AvgIpc) is 3.44. The maximum atomic E-state index is 15.2. The zero-order valence-electron chi connectivity index (χ0n) is 23.7. The SMILES string of the molecule is COc1cc(OC)c(C)c(C2CC=CN2c2nc(Nc3cc(N4CCN(C)CC4)ccc3OC(F)(F)F)ncc2F)c1. The van der Waals surface area contributed by atoms with E-state index in [1.54, 1.807) is 43.5 Å². The number of nitrogens with zero attached hydrogens (tertiary/aromatic N) is 5. The Hall–Kier alpha value is -4.26. The Morgan fingerprint density at radius 1 is 1.00 bits per heavy atom. The predicted octanol–water partition coefficient (Wildman–Crippen LogP) is 5.80. The molecule has 0 aliphatic carbocycles. The van der Waals surface area contributed by atoms with Crippen molar-refractivity contribution in [1.29, 1.82) is 0 Å². The molecule has 0 amide bonds. The van der Waals surface area contributed by atoms with Crippen molar-refractivity contribution in [3.8, 4) is 17.2 Å². The second kappa shape index (κ2) is 11.9. The van der Waals surface area contributed by atoms with Gasteiger partial charge in [0.1, 0.15) is 11.5 Å². The van der Waals surface area contributed by atoms with Gasteiger partial charge in [-0.3, -0.25) is 0 Å². The molecule has 1 atom stereocenters. The van der Waals surface area contributed by atoms with E-state index in [0.717, 1.165) is 30.4 Å². The van der Waals surface area contributed by atoms with Crippen LogP contribution >= 0.6 is 0 Å². The summed E-state index contributed by atoms with van der Waals surface area (Å²) in [7, 11) is 5.13. The van der Waals surface area contributed by atoms with Crippen molar-refractivity contribution in [2.45, 2.75) is 25.7 Å². The summed E-state index contributed by atoms with van der Waals surface area (Å²) >= 11 is 0. The molecule has 1 N–H and O–H groups in total. The molecule has 224 valence electrons. The van der Waals surface area contributed by atoms with Gasteiger partial charge in [0.2, 0.25) is 5.95 Å². The minimum Gasteiger partial charge on any atom is -0.497 e. The fourth-order valence-electron chi connectivity index (χ4n) is 5.19. The number of nitrogens with one attached hydrogen (secondary N) is 1. The number of likely N-dealkylation sites (N-methyl/N-ethyl adjacent to an activating group) is 1. The number of hydrogen-bond donors (Lipinski definition) is 1. The Morgan fingerprint density at radius 3 is 2.45 bits per heavy atom. The number of alkyl halides is 3.